The SMILES string of the molecule is CCOC(=O)[C@H](Cc1ccccc1)Nc1ccnc(C(=O)OCCCl)n1. The van der Waals surface area contributed by atoms with E-state index in [9.17, 15) is 9.59 Å². The number of carbonyl (C=O) groups excluding carboxylic acids is 2. The van der Waals surface area contributed by atoms with Crippen LogP contribution in [-0.2, 0) is 20.7 Å². The molecular weight excluding hydrogens is 358 g/mol. The van der Waals surface area contributed by atoms with Crippen LogP contribution >= 0.6 is 11.6 Å². The minimum absolute atomic E-state index is 0.0703. The smallest absolute Gasteiger partial charge is 0.376 e. The van der Waals surface area contributed by atoms with Crippen molar-refractivity contribution >= 4 is 29.4 Å². The van der Waals surface area contributed by atoms with Crippen molar-refractivity contribution in [3.63, 3.8) is 0 Å². The summed E-state index contributed by atoms with van der Waals surface area (Å²) in [5.41, 5.74) is 0.967. The van der Waals surface area contributed by atoms with E-state index in [4.69, 9.17) is 21.1 Å². The highest BCUT2D eigenvalue weighted by Crippen LogP contribution is 2.11. The van der Waals surface area contributed by atoms with Gasteiger partial charge in [0, 0.05) is 12.6 Å². The number of carbonyl (C=O) groups is 2. The molecule has 0 radical (unpaired) electrons. The lowest BCUT2D eigenvalue weighted by molar-refractivity contribution is -0.144. The van der Waals surface area contributed by atoms with Gasteiger partial charge in [0.25, 0.3) is 0 Å². The van der Waals surface area contributed by atoms with E-state index in [0.717, 1.165) is 5.56 Å². The number of hydrogen-bond donors (Lipinski definition) is 1. The average Bonchev–Trinajstić information content (AvgIpc) is 2.67. The van der Waals surface area contributed by atoms with Crippen molar-refractivity contribution < 1.29 is 19.1 Å². The minimum atomic E-state index is -0.676. The first-order valence-corrected chi connectivity index (χ1v) is 8.70. The highest BCUT2D eigenvalue weighted by Gasteiger charge is 2.21. The number of hydrogen-bond acceptors (Lipinski definition) is 7. The first-order chi connectivity index (χ1) is 12.6. The second kappa shape index (κ2) is 10.4. The molecule has 0 aliphatic carbocycles. The van der Waals surface area contributed by atoms with Gasteiger partial charge in [-0.1, -0.05) is 30.3 Å². The lowest BCUT2D eigenvalue weighted by Crippen LogP contribution is -2.34. The monoisotopic (exact) mass is 377 g/mol. The molecule has 0 bridgehead atoms. The maximum absolute atomic E-state index is 12.3. The van der Waals surface area contributed by atoms with Gasteiger partial charge in [0.1, 0.15) is 18.5 Å². The minimum Gasteiger partial charge on any atom is -0.464 e. The number of benzene rings is 1. The van der Waals surface area contributed by atoms with Crippen LogP contribution in [0.25, 0.3) is 0 Å². The van der Waals surface area contributed by atoms with Crippen LogP contribution in [0.5, 0.6) is 0 Å². The van der Waals surface area contributed by atoms with Gasteiger partial charge in [0.15, 0.2) is 0 Å². The van der Waals surface area contributed by atoms with E-state index in [1.807, 2.05) is 30.3 Å². The number of anilines is 1. The molecule has 0 saturated heterocycles. The first kappa shape index (κ1) is 19.7. The zero-order valence-corrected chi connectivity index (χ0v) is 15.1. The molecule has 1 N–H and O–H groups in total. The Morgan fingerprint density at radius 2 is 1.96 bits per heavy atom. The van der Waals surface area contributed by atoms with Gasteiger partial charge in [-0.15, -0.1) is 11.6 Å². The quantitative estimate of drug-likeness (QED) is 0.530. The van der Waals surface area contributed by atoms with E-state index in [0.29, 0.717) is 12.2 Å². The van der Waals surface area contributed by atoms with Crippen molar-refractivity contribution in [1.29, 1.82) is 0 Å². The van der Waals surface area contributed by atoms with Gasteiger partial charge in [-0.3, -0.25) is 0 Å². The molecule has 0 amide bonds. The van der Waals surface area contributed by atoms with Crippen LogP contribution in [0.4, 0.5) is 5.82 Å². The molecule has 8 heteroatoms. The number of alkyl halides is 1. The summed E-state index contributed by atoms with van der Waals surface area (Å²) < 4.78 is 10.0. The number of nitrogens with zero attached hydrogens (tertiary/aromatic N) is 2. The van der Waals surface area contributed by atoms with Gasteiger partial charge in [0.05, 0.1) is 12.5 Å². The maximum atomic E-state index is 12.3. The maximum Gasteiger partial charge on any atom is 0.376 e. The molecule has 1 aromatic carbocycles. The second-order valence-corrected chi connectivity index (χ2v) is 5.61. The molecule has 2 rings (SSSR count). The molecule has 0 spiro atoms. The van der Waals surface area contributed by atoms with E-state index in [-0.39, 0.29) is 24.9 Å². The number of esters is 2. The van der Waals surface area contributed by atoms with Gasteiger partial charge in [-0.2, -0.15) is 0 Å². The summed E-state index contributed by atoms with van der Waals surface area (Å²) in [6.45, 7) is 2.08. The zero-order valence-electron chi connectivity index (χ0n) is 14.4. The summed E-state index contributed by atoms with van der Waals surface area (Å²) in [6.07, 6.45) is 1.83. The Kier molecular flexibility index (Phi) is 7.82. The Morgan fingerprint density at radius 3 is 2.65 bits per heavy atom. The lowest BCUT2D eigenvalue weighted by atomic mass is 10.1. The third-order valence-corrected chi connectivity index (χ3v) is 3.48. The molecule has 0 fully saturated rings. The van der Waals surface area contributed by atoms with Gasteiger partial charge in [-0.05, 0) is 18.6 Å². The second-order valence-electron chi connectivity index (χ2n) is 5.23. The third kappa shape index (κ3) is 6.00. The van der Waals surface area contributed by atoms with Crippen molar-refractivity contribution in [3.05, 3.63) is 54.0 Å². The summed E-state index contributed by atoms with van der Waals surface area (Å²) in [4.78, 5) is 32.1. The van der Waals surface area contributed by atoms with E-state index in [1.54, 1.807) is 13.0 Å². The Balaban J connectivity index is 2.14. The van der Waals surface area contributed by atoms with Crippen LogP contribution in [0, 0.1) is 0 Å². The number of aromatic nitrogens is 2. The van der Waals surface area contributed by atoms with Gasteiger partial charge in [-0.25, -0.2) is 19.6 Å². The molecule has 26 heavy (non-hydrogen) atoms. The Bertz CT molecular complexity index is 727. The first-order valence-electron chi connectivity index (χ1n) is 8.17. The van der Waals surface area contributed by atoms with Gasteiger partial charge >= 0.3 is 11.9 Å². The molecule has 0 unspecified atom stereocenters. The predicted octanol–water partition coefficient (Wildman–Crippen LogP) is 2.46. The predicted molar refractivity (Wildman–Crippen MR) is 97.2 cm³/mol. The number of halogens is 1. The molecule has 0 aliphatic rings. The fraction of sp³-hybridized carbons (Fsp3) is 0.333. The molecule has 0 saturated carbocycles. The van der Waals surface area contributed by atoms with Crippen LogP contribution in [0.3, 0.4) is 0 Å². The molecule has 7 nitrogen and oxygen atoms in total. The van der Waals surface area contributed by atoms with Crippen LogP contribution in [0.1, 0.15) is 23.1 Å². The number of rotatable bonds is 9. The molecule has 1 aromatic heterocycles. The summed E-state index contributed by atoms with van der Waals surface area (Å²) in [6, 6.07) is 10.4. The highest BCUT2D eigenvalue weighted by molar-refractivity contribution is 6.18. The fourth-order valence-corrected chi connectivity index (χ4v) is 2.27. The highest BCUT2D eigenvalue weighted by atomic mass is 35.5. The number of ether oxygens (including phenoxy) is 2. The number of nitrogens with one attached hydrogen (secondary N) is 1. The van der Waals surface area contributed by atoms with Crippen molar-refractivity contribution in [3.8, 4) is 0 Å². The standard InChI is InChI=1S/C18H20ClN3O4/c1-2-25-17(23)14(12-13-6-4-3-5-7-13)21-15-8-10-20-16(22-15)18(24)26-11-9-19/h3-8,10,14H,2,9,11-12H2,1H3,(H,20,21,22)/t14-/m0/s1. The molecule has 138 valence electrons. The van der Waals surface area contributed by atoms with Crippen LogP contribution in [-0.4, -0.2) is 47.0 Å². The molecule has 0 aliphatic heterocycles. The average molecular weight is 378 g/mol. The molecular formula is C18H20ClN3O4. The van der Waals surface area contributed by atoms with Crippen molar-refractivity contribution in [2.24, 2.45) is 0 Å². The van der Waals surface area contributed by atoms with E-state index in [2.05, 4.69) is 15.3 Å². The van der Waals surface area contributed by atoms with E-state index >= 15 is 0 Å². The molecule has 1 heterocycles. The largest absolute Gasteiger partial charge is 0.464 e. The fourth-order valence-electron chi connectivity index (χ4n) is 2.20. The normalized spacial score (nSPS) is 11.5. The Labute approximate surface area is 156 Å². The van der Waals surface area contributed by atoms with Crippen LogP contribution in [0.15, 0.2) is 42.6 Å². The van der Waals surface area contributed by atoms with E-state index < -0.39 is 18.0 Å². The molecule has 1 atom stereocenters. The summed E-state index contributed by atoms with van der Waals surface area (Å²) in [5, 5.41) is 3.00. The van der Waals surface area contributed by atoms with E-state index in [1.165, 1.54) is 6.20 Å². The van der Waals surface area contributed by atoms with Crippen molar-refractivity contribution in [2.45, 2.75) is 19.4 Å². The topological polar surface area (TPSA) is 90.4 Å². The van der Waals surface area contributed by atoms with Crippen molar-refractivity contribution in [2.75, 3.05) is 24.4 Å². The van der Waals surface area contributed by atoms with Crippen molar-refractivity contribution in [1.82, 2.24) is 9.97 Å². The summed E-state index contributed by atoms with van der Waals surface area (Å²) >= 11 is 5.49. The Hall–Kier alpha value is -2.67. The van der Waals surface area contributed by atoms with Gasteiger partial charge < -0.3 is 14.8 Å². The van der Waals surface area contributed by atoms with Crippen LogP contribution < -0.4 is 5.32 Å². The molecule has 2 aromatic rings. The Morgan fingerprint density at radius 1 is 1.19 bits per heavy atom. The summed E-state index contributed by atoms with van der Waals surface area (Å²) in [7, 11) is 0. The summed E-state index contributed by atoms with van der Waals surface area (Å²) in [5.74, 6) is -0.674. The van der Waals surface area contributed by atoms with Crippen LogP contribution in [0.2, 0.25) is 0 Å². The van der Waals surface area contributed by atoms with Gasteiger partial charge in [0.2, 0.25) is 5.82 Å². The zero-order chi connectivity index (χ0) is 18.8. The third-order valence-electron chi connectivity index (χ3n) is 3.32. The lowest BCUT2D eigenvalue weighted by Gasteiger charge is -2.18.